The zero-order valence-electron chi connectivity index (χ0n) is 14.7. The van der Waals surface area contributed by atoms with E-state index in [0.29, 0.717) is 44.4 Å². The lowest BCUT2D eigenvalue weighted by Crippen LogP contribution is -2.37. The molecule has 2 N–H and O–H groups in total. The van der Waals surface area contributed by atoms with Crippen molar-refractivity contribution in [2.24, 2.45) is 11.8 Å². The summed E-state index contributed by atoms with van der Waals surface area (Å²) < 4.78 is 18.5. The topological polar surface area (TPSA) is 67.4 Å². The lowest BCUT2D eigenvalue weighted by molar-refractivity contribution is -0.130. The number of hydrogen-bond donors (Lipinski definition) is 2. The molecule has 2 rings (SSSR count). The van der Waals surface area contributed by atoms with E-state index in [2.05, 4.69) is 10.6 Å². The molecule has 138 valence electrons. The minimum atomic E-state index is -0.309. The fourth-order valence-electron chi connectivity index (χ4n) is 3.16. The summed E-state index contributed by atoms with van der Waals surface area (Å²) in [5, 5.41) is 5.73. The second-order valence-electron chi connectivity index (χ2n) is 6.50. The van der Waals surface area contributed by atoms with E-state index in [4.69, 9.17) is 4.74 Å². The molecule has 1 fully saturated rings. The number of halogens is 1. The van der Waals surface area contributed by atoms with Crippen molar-refractivity contribution in [1.82, 2.24) is 10.6 Å². The van der Waals surface area contributed by atoms with Gasteiger partial charge in [0.1, 0.15) is 5.82 Å². The summed E-state index contributed by atoms with van der Waals surface area (Å²) in [7, 11) is 1.64. The molecule has 1 aliphatic carbocycles. The van der Waals surface area contributed by atoms with Crippen molar-refractivity contribution in [3.8, 4) is 0 Å². The molecule has 5 nitrogen and oxygen atoms in total. The summed E-state index contributed by atoms with van der Waals surface area (Å²) in [5.41, 5.74) is 0.486. The third kappa shape index (κ3) is 6.12. The van der Waals surface area contributed by atoms with E-state index in [1.54, 1.807) is 25.3 Å². The largest absolute Gasteiger partial charge is 0.385 e. The number of benzene rings is 1. The highest BCUT2D eigenvalue weighted by atomic mass is 19.1. The number of ether oxygens (including phenoxy) is 1. The van der Waals surface area contributed by atoms with Gasteiger partial charge < -0.3 is 15.4 Å². The number of carbonyl (C=O) groups excluding carboxylic acids is 2. The first-order valence-electron chi connectivity index (χ1n) is 8.89. The third-order valence-electron chi connectivity index (χ3n) is 4.70. The van der Waals surface area contributed by atoms with Crippen LogP contribution in [0.3, 0.4) is 0 Å². The van der Waals surface area contributed by atoms with Crippen LogP contribution in [0.2, 0.25) is 0 Å². The number of nitrogens with one attached hydrogen (secondary N) is 2. The first kappa shape index (κ1) is 19.4. The summed E-state index contributed by atoms with van der Waals surface area (Å²) in [6.45, 7) is 1.45. The summed E-state index contributed by atoms with van der Waals surface area (Å²) in [6.07, 6.45) is 3.62. The van der Waals surface area contributed by atoms with Gasteiger partial charge in [-0.3, -0.25) is 9.59 Å². The van der Waals surface area contributed by atoms with Crippen LogP contribution in [-0.4, -0.2) is 32.1 Å². The number of hydrogen-bond acceptors (Lipinski definition) is 3. The van der Waals surface area contributed by atoms with Crippen molar-refractivity contribution < 1.29 is 18.7 Å². The van der Waals surface area contributed by atoms with Crippen LogP contribution in [0, 0.1) is 17.7 Å². The lowest BCUT2D eigenvalue weighted by atomic mass is 9.81. The van der Waals surface area contributed by atoms with Gasteiger partial charge in [-0.25, -0.2) is 4.39 Å². The number of amides is 2. The van der Waals surface area contributed by atoms with Crippen LogP contribution >= 0.6 is 0 Å². The minimum absolute atomic E-state index is 0.0156. The van der Waals surface area contributed by atoms with Crippen LogP contribution in [0.25, 0.3) is 0 Å². The quantitative estimate of drug-likeness (QED) is 0.708. The summed E-state index contributed by atoms with van der Waals surface area (Å²) in [5.74, 6) is -0.400. The smallest absolute Gasteiger partial charge is 0.223 e. The van der Waals surface area contributed by atoms with E-state index in [1.165, 1.54) is 6.07 Å². The van der Waals surface area contributed by atoms with Gasteiger partial charge in [-0.05, 0) is 38.2 Å². The normalized spacial score (nSPS) is 20.1. The van der Waals surface area contributed by atoms with Gasteiger partial charge in [0.05, 0.1) is 0 Å². The highest BCUT2D eigenvalue weighted by molar-refractivity contribution is 5.81. The molecule has 0 heterocycles. The van der Waals surface area contributed by atoms with E-state index in [1.807, 2.05) is 0 Å². The fraction of sp³-hybridized carbons (Fsp3) is 0.579. The first-order chi connectivity index (χ1) is 12.1. The summed E-state index contributed by atoms with van der Waals surface area (Å²) in [4.78, 5) is 24.3. The van der Waals surface area contributed by atoms with Crippen LogP contribution in [0.4, 0.5) is 4.39 Å². The van der Waals surface area contributed by atoms with Crippen molar-refractivity contribution in [3.05, 3.63) is 35.6 Å². The molecule has 0 unspecified atom stereocenters. The summed E-state index contributed by atoms with van der Waals surface area (Å²) in [6, 6.07) is 6.43. The van der Waals surface area contributed by atoms with Crippen LogP contribution < -0.4 is 10.6 Å². The van der Waals surface area contributed by atoms with E-state index < -0.39 is 0 Å². The van der Waals surface area contributed by atoms with Crippen molar-refractivity contribution in [3.63, 3.8) is 0 Å². The zero-order valence-corrected chi connectivity index (χ0v) is 14.7. The Balaban J connectivity index is 1.69. The van der Waals surface area contributed by atoms with Crippen LogP contribution in [0.1, 0.15) is 37.7 Å². The maximum Gasteiger partial charge on any atom is 0.223 e. The minimum Gasteiger partial charge on any atom is -0.385 e. The Morgan fingerprint density at radius 2 is 1.68 bits per heavy atom. The maximum atomic E-state index is 13.6. The maximum absolute atomic E-state index is 13.6. The fourth-order valence-corrected chi connectivity index (χ4v) is 3.16. The van der Waals surface area contributed by atoms with Crippen LogP contribution in [0.15, 0.2) is 24.3 Å². The van der Waals surface area contributed by atoms with Gasteiger partial charge in [0.25, 0.3) is 0 Å². The van der Waals surface area contributed by atoms with E-state index in [0.717, 1.165) is 6.42 Å². The lowest BCUT2D eigenvalue weighted by Gasteiger charge is -2.27. The second kappa shape index (κ2) is 10.1. The predicted molar refractivity (Wildman–Crippen MR) is 93.2 cm³/mol. The Morgan fingerprint density at radius 3 is 2.28 bits per heavy atom. The van der Waals surface area contributed by atoms with Crippen LogP contribution in [0.5, 0.6) is 0 Å². The van der Waals surface area contributed by atoms with Gasteiger partial charge >= 0.3 is 0 Å². The first-order valence-corrected chi connectivity index (χ1v) is 8.89. The zero-order chi connectivity index (χ0) is 18.1. The van der Waals surface area contributed by atoms with Gasteiger partial charge in [-0.2, -0.15) is 0 Å². The molecule has 2 amide bonds. The molecule has 1 saturated carbocycles. The molecule has 0 spiro atoms. The average Bonchev–Trinajstić information content (AvgIpc) is 2.64. The summed E-state index contributed by atoms with van der Waals surface area (Å²) >= 11 is 0. The molecule has 1 aromatic rings. The second-order valence-corrected chi connectivity index (χ2v) is 6.50. The molecule has 1 aliphatic rings. The SMILES string of the molecule is COCCCNC(=O)C1CCC(C(=O)NCc2ccccc2F)CC1. The Kier molecular flexibility index (Phi) is 7.85. The third-order valence-corrected chi connectivity index (χ3v) is 4.70. The van der Waals surface area contributed by atoms with Crippen molar-refractivity contribution >= 4 is 11.8 Å². The molecule has 0 radical (unpaired) electrons. The number of methoxy groups -OCH3 is 1. The molecule has 6 heteroatoms. The molecule has 0 aliphatic heterocycles. The van der Waals surface area contributed by atoms with E-state index in [9.17, 15) is 14.0 Å². The van der Waals surface area contributed by atoms with Crippen LogP contribution in [-0.2, 0) is 20.9 Å². The molecule has 25 heavy (non-hydrogen) atoms. The monoisotopic (exact) mass is 350 g/mol. The van der Waals surface area contributed by atoms with Gasteiger partial charge in [0, 0.05) is 44.2 Å². The van der Waals surface area contributed by atoms with Crippen molar-refractivity contribution in [2.45, 2.75) is 38.6 Å². The molecular formula is C19H27FN2O3. The molecule has 0 atom stereocenters. The van der Waals surface area contributed by atoms with Gasteiger partial charge in [-0.15, -0.1) is 0 Å². The molecule has 0 saturated heterocycles. The van der Waals surface area contributed by atoms with E-state index in [-0.39, 0.29) is 36.0 Å². The molecular weight excluding hydrogens is 323 g/mol. The van der Waals surface area contributed by atoms with E-state index >= 15 is 0 Å². The van der Waals surface area contributed by atoms with Gasteiger partial charge in [0.15, 0.2) is 0 Å². The predicted octanol–water partition coefficient (Wildman–Crippen LogP) is 2.40. The molecule has 1 aromatic carbocycles. The highest BCUT2D eigenvalue weighted by Gasteiger charge is 2.29. The van der Waals surface area contributed by atoms with Crippen molar-refractivity contribution in [2.75, 3.05) is 20.3 Å². The van der Waals surface area contributed by atoms with Gasteiger partial charge in [-0.1, -0.05) is 18.2 Å². The molecule has 0 bridgehead atoms. The molecule has 0 aromatic heterocycles. The number of rotatable bonds is 8. The van der Waals surface area contributed by atoms with Gasteiger partial charge in [0.2, 0.25) is 11.8 Å². The number of carbonyl (C=O) groups is 2. The Labute approximate surface area is 148 Å². The Morgan fingerprint density at radius 1 is 1.08 bits per heavy atom. The Hall–Kier alpha value is -1.95. The standard InChI is InChI=1S/C19H27FN2O3/c1-25-12-4-11-21-18(23)14-7-9-15(10-8-14)19(24)22-13-16-5-2-3-6-17(16)20/h2-3,5-6,14-15H,4,7-13H2,1H3,(H,21,23)(H,22,24). The Bertz CT molecular complexity index is 572. The highest BCUT2D eigenvalue weighted by Crippen LogP contribution is 2.29. The van der Waals surface area contributed by atoms with Crippen molar-refractivity contribution in [1.29, 1.82) is 0 Å². The average molecular weight is 350 g/mol.